The number of anilines is 1. The molecule has 0 unspecified atom stereocenters. The summed E-state index contributed by atoms with van der Waals surface area (Å²) in [4.78, 5) is 30.5. The molecule has 0 radical (unpaired) electrons. The van der Waals surface area contributed by atoms with Gasteiger partial charge in [-0.15, -0.1) is 0 Å². The molecule has 0 spiro atoms. The molecule has 0 aliphatic rings. The summed E-state index contributed by atoms with van der Waals surface area (Å²) in [5, 5.41) is 2.01. The Morgan fingerprint density at radius 3 is 2.14 bits per heavy atom. The van der Waals surface area contributed by atoms with E-state index in [2.05, 4.69) is 24.2 Å². The Morgan fingerprint density at radius 1 is 1.04 bits per heavy atom. The molecule has 0 fully saturated rings. The second kappa shape index (κ2) is 8.47. The molecule has 2 N–H and O–H groups in total. The summed E-state index contributed by atoms with van der Waals surface area (Å²) < 4.78 is 54.3. The maximum Gasteiger partial charge on any atom is 0.339 e. The van der Waals surface area contributed by atoms with Gasteiger partial charge in [0.2, 0.25) is 11.8 Å². The molecule has 13 heteroatoms. The molecule has 28 heavy (non-hydrogen) atoms. The van der Waals surface area contributed by atoms with Gasteiger partial charge in [0.1, 0.15) is 4.90 Å². The SMILES string of the molecule is COC(=O)c1ccccc1S(=O)(=O)NC(=O)Nc1nc(OC)c(F)c(OC)n1. The van der Waals surface area contributed by atoms with Gasteiger partial charge in [-0.3, -0.25) is 5.32 Å². The minimum absolute atomic E-state index is 0.272. The third kappa shape index (κ3) is 4.43. The molecule has 0 atom stereocenters. The first kappa shape index (κ1) is 20.8. The van der Waals surface area contributed by atoms with Gasteiger partial charge in [0, 0.05) is 0 Å². The van der Waals surface area contributed by atoms with Crippen molar-refractivity contribution < 1.29 is 36.6 Å². The maximum atomic E-state index is 13.8. The molecule has 1 aromatic carbocycles. The average Bonchev–Trinajstić information content (AvgIpc) is 2.67. The zero-order valence-electron chi connectivity index (χ0n) is 14.8. The molecule has 11 nitrogen and oxygen atoms in total. The number of hydrogen-bond acceptors (Lipinski definition) is 9. The van der Waals surface area contributed by atoms with Crippen LogP contribution in [-0.2, 0) is 14.8 Å². The third-order valence-electron chi connectivity index (χ3n) is 3.21. The Morgan fingerprint density at radius 2 is 1.61 bits per heavy atom. The molecule has 1 aromatic heterocycles. The maximum absolute atomic E-state index is 13.8. The fraction of sp³-hybridized carbons (Fsp3) is 0.200. The van der Waals surface area contributed by atoms with Gasteiger partial charge in [0.25, 0.3) is 21.8 Å². The van der Waals surface area contributed by atoms with Crippen LogP contribution in [0.2, 0.25) is 0 Å². The number of amides is 2. The van der Waals surface area contributed by atoms with E-state index in [1.165, 1.54) is 18.2 Å². The summed E-state index contributed by atoms with van der Waals surface area (Å²) in [5.74, 6) is -3.44. The van der Waals surface area contributed by atoms with Crippen molar-refractivity contribution in [3.05, 3.63) is 35.6 Å². The summed E-state index contributed by atoms with van der Waals surface area (Å²) in [6.45, 7) is 0. The summed E-state index contributed by atoms with van der Waals surface area (Å²) >= 11 is 0. The number of rotatable bonds is 6. The molecule has 2 aromatic rings. The van der Waals surface area contributed by atoms with E-state index >= 15 is 0 Å². The number of methoxy groups -OCH3 is 3. The molecular formula is C15H15FN4O7S. The zero-order chi connectivity index (χ0) is 20.9. The Balaban J connectivity index is 2.27. The van der Waals surface area contributed by atoms with E-state index in [0.29, 0.717) is 0 Å². The van der Waals surface area contributed by atoms with Gasteiger partial charge in [0.05, 0.1) is 26.9 Å². The van der Waals surface area contributed by atoms with Gasteiger partial charge in [-0.2, -0.15) is 14.4 Å². The number of benzene rings is 1. The Hall–Kier alpha value is -3.48. The highest BCUT2D eigenvalue weighted by Gasteiger charge is 2.25. The molecule has 2 rings (SSSR count). The van der Waals surface area contributed by atoms with Crippen LogP contribution in [0.15, 0.2) is 29.2 Å². The number of ether oxygens (including phenoxy) is 3. The fourth-order valence-electron chi connectivity index (χ4n) is 2.02. The summed E-state index contributed by atoms with van der Waals surface area (Å²) in [6.07, 6.45) is 0. The second-order valence-electron chi connectivity index (χ2n) is 4.93. The molecule has 0 saturated carbocycles. The van der Waals surface area contributed by atoms with Crippen LogP contribution in [0, 0.1) is 5.82 Å². The van der Waals surface area contributed by atoms with E-state index in [-0.39, 0.29) is 5.56 Å². The largest absolute Gasteiger partial charge is 0.479 e. The Labute approximate surface area is 158 Å². The minimum atomic E-state index is -4.46. The molecule has 1 heterocycles. The lowest BCUT2D eigenvalue weighted by atomic mass is 10.2. The van der Waals surface area contributed by atoms with Crippen LogP contribution in [0.25, 0.3) is 0 Å². The standard InChI is InChI=1S/C15H15FN4O7S/c1-25-11-10(16)12(26-2)18-14(17-11)19-15(22)20-28(23,24)9-7-5-4-6-8(9)13(21)27-3/h4-7H,1-3H3,(H2,17,18,19,20,22). The Kier molecular flexibility index (Phi) is 6.30. The first-order valence-corrected chi connectivity index (χ1v) is 8.88. The van der Waals surface area contributed by atoms with Crippen LogP contribution in [0.1, 0.15) is 10.4 Å². The predicted molar refractivity (Wildman–Crippen MR) is 92.2 cm³/mol. The van der Waals surface area contributed by atoms with E-state index in [4.69, 9.17) is 0 Å². The van der Waals surface area contributed by atoms with Crippen molar-refractivity contribution in [3.8, 4) is 11.8 Å². The van der Waals surface area contributed by atoms with Gasteiger partial charge in [-0.25, -0.2) is 22.7 Å². The van der Waals surface area contributed by atoms with Gasteiger partial charge < -0.3 is 14.2 Å². The highest BCUT2D eigenvalue weighted by atomic mass is 32.2. The minimum Gasteiger partial charge on any atom is -0.479 e. The first-order valence-electron chi connectivity index (χ1n) is 7.40. The van der Waals surface area contributed by atoms with Crippen molar-refractivity contribution in [1.82, 2.24) is 14.7 Å². The lowest BCUT2D eigenvalue weighted by Gasteiger charge is -2.11. The second-order valence-corrected chi connectivity index (χ2v) is 6.58. The van der Waals surface area contributed by atoms with Gasteiger partial charge in [-0.1, -0.05) is 12.1 Å². The summed E-state index contributed by atoms with van der Waals surface area (Å²) in [6, 6.07) is 3.85. The van der Waals surface area contributed by atoms with E-state index < -0.39 is 50.4 Å². The van der Waals surface area contributed by atoms with Gasteiger partial charge >= 0.3 is 12.0 Å². The normalized spacial score (nSPS) is 10.7. The zero-order valence-corrected chi connectivity index (χ0v) is 15.7. The number of nitrogens with zero attached hydrogens (tertiary/aromatic N) is 2. The lowest BCUT2D eigenvalue weighted by molar-refractivity contribution is 0.0596. The highest BCUT2D eigenvalue weighted by molar-refractivity contribution is 7.90. The highest BCUT2D eigenvalue weighted by Crippen LogP contribution is 2.24. The summed E-state index contributed by atoms with van der Waals surface area (Å²) in [7, 11) is -1.12. The number of carbonyl (C=O) groups is 2. The molecule has 0 bridgehead atoms. The van der Waals surface area contributed by atoms with Crippen molar-refractivity contribution in [1.29, 1.82) is 0 Å². The monoisotopic (exact) mass is 414 g/mol. The number of aromatic nitrogens is 2. The van der Waals surface area contributed by atoms with Crippen LogP contribution in [0.3, 0.4) is 0 Å². The Bertz CT molecular complexity index is 988. The van der Waals surface area contributed by atoms with E-state index in [1.54, 1.807) is 4.72 Å². The number of esters is 1. The van der Waals surface area contributed by atoms with Crippen molar-refractivity contribution in [2.45, 2.75) is 4.90 Å². The number of urea groups is 1. The third-order valence-corrected chi connectivity index (χ3v) is 4.60. The van der Waals surface area contributed by atoms with Crippen molar-refractivity contribution >= 4 is 28.0 Å². The summed E-state index contributed by atoms with van der Waals surface area (Å²) in [5.41, 5.74) is -0.272. The van der Waals surface area contributed by atoms with Crippen molar-refractivity contribution in [2.75, 3.05) is 26.6 Å². The number of halogens is 1. The fourth-order valence-corrected chi connectivity index (χ4v) is 3.12. The molecule has 0 saturated heterocycles. The van der Waals surface area contributed by atoms with Crippen molar-refractivity contribution in [2.24, 2.45) is 0 Å². The predicted octanol–water partition coefficient (Wildman–Crippen LogP) is 0.930. The number of nitrogens with one attached hydrogen (secondary N) is 2. The van der Waals surface area contributed by atoms with Crippen LogP contribution < -0.4 is 19.5 Å². The van der Waals surface area contributed by atoms with E-state index in [9.17, 15) is 22.4 Å². The average molecular weight is 414 g/mol. The van der Waals surface area contributed by atoms with Crippen molar-refractivity contribution in [3.63, 3.8) is 0 Å². The topological polar surface area (TPSA) is 146 Å². The van der Waals surface area contributed by atoms with Gasteiger partial charge in [-0.05, 0) is 12.1 Å². The van der Waals surface area contributed by atoms with Crippen LogP contribution in [-0.4, -0.2) is 51.7 Å². The molecule has 150 valence electrons. The van der Waals surface area contributed by atoms with E-state index in [1.807, 2.05) is 5.32 Å². The quantitative estimate of drug-likeness (QED) is 0.659. The first-order chi connectivity index (χ1) is 13.2. The molecule has 2 amide bonds. The smallest absolute Gasteiger partial charge is 0.339 e. The van der Waals surface area contributed by atoms with Crippen LogP contribution in [0.4, 0.5) is 15.1 Å². The van der Waals surface area contributed by atoms with Gasteiger partial charge in [0.15, 0.2) is 0 Å². The molecular weight excluding hydrogens is 399 g/mol. The van der Waals surface area contributed by atoms with Crippen LogP contribution in [0.5, 0.6) is 11.8 Å². The van der Waals surface area contributed by atoms with E-state index in [0.717, 1.165) is 27.4 Å². The molecule has 0 aliphatic carbocycles. The number of hydrogen-bond donors (Lipinski definition) is 2. The number of sulfonamides is 1. The van der Waals surface area contributed by atoms with Crippen LogP contribution >= 0.6 is 0 Å². The number of carbonyl (C=O) groups excluding carboxylic acids is 2. The lowest BCUT2D eigenvalue weighted by Crippen LogP contribution is -2.35. The molecule has 0 aliphatic heterocycles.